The Morgan fingerprint density at radius 1 is 1.20 bits per heavy atom. The molecule has 160 valence electrons. The van der Waals surface area contributed by atoms with Crippen molar-refractivity contribution in [1.82, 2.24) is 25.3 Å². The Hall–Kier alpha value is -2.95. The number of imide groups is 1. The number of carbonyl (C=O) groups excluding carboxylic acids is 2. The lowest BCUT2D eigenvalue weighted by Gasteiger charge is -2.33. The second-order valence-corrected chi connectivity index (χ2v) is 7.49. The number of halogens is 3. The van der Waals surface area contributed by atoms with Gasteiger partial charge in [0, 0.05) is 19.0 Å². The molecule has 0 radical (unpaired) electrons. The summed E-state index contributed by atoms with van der Waals surface area (Å²) >= 11 is 0. The fourth-order valence-corrected chi connectivity index (χ4v) is 3.94. The summed E-state index contributed by atoms with van der Waals surface area (Å²) in [6, 6.07) is 5.65. The van der Waals surface area contributed by atoms with E-state index in [1.807, 2.05) is 5.32 Å². The lowest BCUT2D eigenvalue weighted by Crippen LogP contribution is -2.56. The Kier molecular flexibility index (Phi) is 5.00. The van der Waals surface area contributed by atoms with Crippen LogP contribution >= 0.6 is 0 Å². The highest BCUT2D eigenvalue weighted by Gasteiger charge is 2.68. The van der Waals surface area contributed by atoms with Gasteiger partial charge in [-0.1, -0.05) is 35.5 Å². The summed E-state index contributed by atoms with van der Waals surface area (Å²) in [5.74, 6) is -0.205. The van der Waals surface area contributed by atoms with Gasteiger partial charge in [-0.15, -0.1) is 0 Å². The van der Waals surface area contributed by atoms with Gasteiger partial charge in [0.05, 0.1) is 6.67 Å². The number of nitrogens with one attached hydrogen (secondary N) is 1. The van der Waals surface area contributed by atoms with E-state index in [0.717, 1.165) is 0 Å². The van der Waals surface area contributed by atoms with Crippen LogP contribution in [0.15, 0.2) is 34.9 Å². The van der Waals surface area contributed by atoms with Crippen LogP contribution in [0.1, 0.15) is 36.0 Å². The van der Waals surface area contributed by atoms with Crippen molar-refractivity contribution in [2.24, 2.45) is 0 Å². The number of piperidine rings is 1. The molecule has 1 N–H and O–H groups in total. The predicted octanol–water partition coefficient (Wildman–Crippen LogP) is 2.52. The first kappa shape index (κ1) is 20.3. The number of likely N-dealkylation sites (tertiary alicyclic amines) is 1. The van der Waals surface area contributed by atoms with E-state index in [1.54, 1.807) is 17.9 Å². The van der Waals surface area contributed by atoms with Gasteiger partial charge in [0.25, 0.3) is 5.91 Å². The Morgan fingerprint density at radius 2 is 1.87 bits per heavy atom. The largest absolute Gasteiger partial charge is 0.425 e. The average molecular weight is 423 g/mol. The van der Waals surface area contributed by atoms with E-state index in [1.165, 1.54) is 24.3 Å². The van der Waals surface area contributed by atoms with Gasteiger partial charge in [0.2, 0.25) is 11.4 Å². The van der Waals surface area contributed by atoms with E-state index in [9.17, 15) is 22.8 Å². The Labute approximate surface area is 170 Å². The molecule has 2 saturated heterocycles. The van der Waals surface area contributed by atoms with E-state index in [-0.39, 0.29) is 18.2 Å². The maximum Gasteiger partial charge on any atom is 0.425 e. The molecule has 0 bridgehead atoms. The van der Waals surface area contributed by atoms with Crippen LogP contribution in [-0.2, 0) is 10.3 Å². The van der Waals surface area contributed by atoms with Gasteiger partial charge in [-0.25, -0.2) is 9.69 Å². The zero-order valence-electron chi connectivity index (χ0n) is 16.1. The first-order valence-electron chi connectivity index (χ1n) is 9.51. The highest BCUT2D eigenvalue weighted by molar-refractivity contribution is 6.08. The minimum Gasteiger partial charge on any atom is -0.339 e. The van der Waals surface area contributed by atoms with E-state index in [0.29, 0.717) is 42.5 Å². The van der Waals surface area contributed by atoms with Gasteiger partial charge in [0.1, 0.15) is 0 Å². The van der Waals surface area contributed by atoms with Crippen LogP contribution in [0, 0.1) is 6.92 Å². The summed E-state index contributed by atoms with van der Waals surface area (Å²) in [6.07, 6.45) is -3.72. The normalized spacial score (nSPS) is 23.8. The Bertz CT molecular complexity index is 940. The molecule has 3 amide bonds. The molecule has 2 aliphatic heterocycles. The van der Waals surface area contributed by atoms with Gasteiger partial charge < -0.3 is 9.84 Å². The second-order valence-electron chi connectivity index (χ2n) is 7.49. The molecule has 30 heavy (non-hydrogen) atoms. The number of aromatic nitrogens is 2. The van der Waals surface area contributed by atoms with Crippen LogP contribution in [0.2, 0.25) is 0 Å². The summed E-state index contributed by atoms with van der Waals surface area (Å²) in [4.78, 5) is 32.0. The number of aryl methyl sites for hydroxylation is 1. The smallest absolute Gasteiger partial charge is 0.339 e. The number of carbonyl (C=O) groups is 2. The summed E-state index contributed by atoms with van der Waals surface area (Å²) in [6.45, 7) is 2.46. The summed E-state index contributed by atoms with van der Waals surface area (Å²) in [5, 5.41) is 5.67. The number of nitrogens with zero attached hydrogens (tertiary/aromatic N) is 4. The van der Waals surface area contributed by atoms with Gasteiger partial charge in [-0.2, -0.15) is 18.2 Å². The lowest BCUT2D eigenvalue weighted by atomic mass is 9.89. The third-order valence-corrected chi connectivity index (χ3v) is 5.56. The first-order valence-corrected chi connectivity index (χ1v) is 9.51. The zero-order valence-corrected chi connectivity index (χ0v) is 16.1. The number of amides is 3. The highest BCUT2D eigenvalue weighted by Crippen LogP contribution is 2.43. The fraction of sp³-hybridized carbons (Fsp3) is 0.474. The van der Waals surface area contributed by atoms with Crippen LogP contribution in [-0.4, -0.2) is 57.8 Å². The van der Waals surface area contributed by atoms with Crippen molar-refractivity contribution in [2.45, 2.75) is 37.4 Å². The predicted molar refractivity (Wildman–Crippen MR) is 97.0 cm³/mol. The van der Waals surface area contributed by atoms with Crippen molar-refractivity contribution in [1.29, 1.82) is 0 Å². The van der Waals surface area contributed by atoms with Gasteiger partial charge in [0.15, 0.2) is 5.82 Å². The molecule has 0 spiro atoms. The molecule has 3 heterocycles. The summed E-state index contributed by atoms with van der Waals surface area (Å²) in [5.41, 5.74) is -3.39. The molecular formula is C19H20F3N5O3. The quantitative estimate of drug-likeness (QED) is 0.760. The highest BCUT2D eigenvalue weighted by atomic mass is 19.4. The molecule has 1 atom stereocenters. The van der Waals surface area contributed by atoms with Crippen molar-refractivity contribution in [2.75, 3.05) is 19.8 Å². The molecular weight excluding hydrogens is 403 g/mol. The average Bonchev–Trinajstić information content (AvgIpc) is 3.26. The van der Waals surface area contributed by atoms with Gasteiger partial charge in [-0.3, -0.25) is 9.69 Å². The number of alkyl halides is 3. The Morgan fingerprint density at radius 3 is 2.43 bits per heavy atom. The van der Waals surface area contributed by atoms with E-state index >= 15 is 0 Å². The molecule has 0 saturated carbocycles. The molecule has 2 aliphatic rings. The van der Waals surface area contributed by atoms with Crippen molar-refractivity contribution < 1.29 is 27.3 Å². The molecule has 8 nitrogen and oxygen atoms in total. The number of urea groups is 1. The van der Waals surface area contributed by atoms with E-state index < -0.39 is 23.7 Å². The van der Waals surface area contributed by atoms with Crippen LogP contribution in [0.3, 0.4) is 0 Å². The first-order chi connectivity index (χ1) is 14.2. The summed E-state index contributed by atoms with van der Waals surface area (Å²) < 4.78 is 47.2. The molecule has 11 heteroatoms. The van der Waals surface area contributed by atoms with Crippen LogP contribution in [0.5, 0.6) is 0 Å². The topological polar surface area (TPSA) is 91.6 Å². The molecule has 2 fully saturated rings. The van der Waals surface area contributed by atoms with E-state index in [2.05, 4.69) is 10.1 Å². The number of hydrogen-bond acceptors (Lipinski definition) is 6. The maximum absolute atomic E-state index is 14.0. The molecule has 1 aromatic carbocycles. The van der Waals surface area contributed by atoms with Crippen molar-refractivity contribution in [3.63, 3.8) is 0 Å². The van der Waals surface area contributed by atoms with Crippen LogP contribution < -0.4 is 5.32 Å². The van der Waals surface area contributed by atoms with Crippen molar-refractivity contribution in [3.8, 4) is 0 Å². The lowest BCUT2D eigenvalue weighted by molar-refractivity contribution is -0.198. The number of rotatable bonds is 4. The number of hydrogen-bond donors (Lipinski definition) is 1. The van der Waals surface area contributed by atoms with Crippen molar-refractivity contribution >= 4 is 11.9 Å². The molecule has 2 aromatic rings. The third-order valence-electron chi connectivity index (χ3n) is 5.56. The fourth-order valence-electron chi connectivity index (χ4n) is 3.94. The van der Waals surface area contributed by atoms with E-state index in [4.69, 9.17) is 4.52 Å². The monoisotopic (exact) mass is 423 g/mol. The molecule has 1 aromatic heterocycles. The maximum atomic E-state index is 14.0. The van der Waals surface area contributed by atoms with Gasteiger partial charge >= 0.3 is 12.2 Å². The van der Waals surface area contributed by atoms with Gasteiger partial charge in [-0.05, 0) is 25.3 Å². The zero-order chi connectivity index (χ0) is 21.5. The minimum absolute atomic E-state index is 0.0455. The van der Waals surface area contributed by atoms with Crippen molar-refractivity contribution in [3.05, 3.63) is 47.6 Å². The van der Waals surface area contributed by atoms with Crippen LogP contribution in [0.4, 0.5) is 18.0 Å². The summed E-state index contributed by atoms with van der Waals surface area (Å²) in [7, 11) is 0. The van der Waals surface area contributed by atoms with Crippen LogP contribution in [0.25, 0.3) is 0 Å². The molecule has 0 aliphatic carbocycles. The molecule has 4 rings (SSSR count). The number of benzene rings is 1. The third kappa shape index (κ3) is 3.32. The Balaban J connectivity index is 1.49. The second kappa shape index (κ2) is 7.38. The standard InChI is InChI=1S/C19H20F3N5O3/c1-12-23-15(30-25-12)13-7-9-26(10-8-13)11-27-16(28)18(19(20,21)22,24-17(27)29)14-5-3-2-4-6-14/h2-6,13H,7-11H2,1H3,(H,24,29). The minimum atomic E-state index is -4.99. The SMILES string of the molecule is Cc1noc(C2CCN(CN3C(=O)NC(c4ccccc4)(C(F)(F)F)C3=O)CC2)n1. The molecule has 1 unspecified atom stereocenters.